The van der Waals surface area contributed by atoms with Crippen molar-refractivity contribution in [3.8, 4) is 5.75 Å². The molecule has 2 aromatic carbocycles. The quantitative estimate of drug-likeness (QED) is 0.720. The van der Waals surface area contributed by atoms with Crippen LogP contribution in [0.25, 0.3) is 0 Å². The average Bonchev–Trinajstić information content (AvgIpc) is 3.08. The van der Waals surface area contributed by atoms with E-state index in [1.165, 1.54) is 6.07 Å². The summed E-state index contributed by atoms with van der Waals surface area (Å²) in [6.07, 6.45) is 4.13. The smallest absolute Gasteiger partial charge is 0.226 e. The molecule has 1 atom stereocenters. The second kappa shape index (κ2) is 7.23. The Bertz CT molecular complexity index is 814. The lowest BCUT2D eigenvalue weighted by atomic mass is 10.0. The van der Waals surface area contributed by atoms with E-state index in [0.717, 1.165) is 5.56 Å². The van der Waals surface area contributed by atoms with Gasteiger partial charge in [0.15, 0.2) is 0 Å². The monoisotopic (exact) mass is 340 g/mol. The van der Waals surface area contributed by atoms with Crippen molar-refractivity contribution in [3.05, 3.63) is 83.6 Å². The molecule has 0 aliphatic rings. The Hall–Kier alpha value is -2.72. The molecule has 0 bridgehead atoms. The molecular formula is C19H17ClN2O2. The van der Waals surface area contributed by atoms with E-state index in [-0.39, 0.29) is 24.1 Å². The predicted molar refractivity (Wildman–Crippen MR) is 95.4 cm³/mol. The van der Waals surface area contributed by atoms with Gasteiger partial charge in [-0.1, -0.05) is 29.8 Å². The number of phenolic OH excluding ortho intramolecular Hbond substituents is 1. The first-order chi connectivity index (χ1) is 11.6. The van der Waals surface area contributed by atoms with Crippen LogP contribution in [0.2, 0.25) is 5.02 Å². The minimum Gasteiger partial charge on any atom is -0.508 e. The van der Waals surface area contributed by atoms with E-state index in [2.05, 4.69) is 5.32 Å². The number of phenols is 1. The summed E-state index contributed by atoms with van der Waals surface area (Å²) < 4.78 is 1.99. The molecule has 4 nitrogen and oxygen atoms in total. The highest BCUT2D eigenvalue weighted by Crippen LogP contribution is 2.25. The third-order valence-corrected chi connectivity index (χ3v) is 4.00. The second-order valence-electron chi connectivity index (χ2n) is 5.50. The number of hydrogen-bond donors (Lipinski definition) is 2. The van der Waals surface area contributed by atoms with Gasteiger partial charge in [0.1, 0.15) is 5.75 Å². The van der Waals surface area contributed by atoms with Gasteiger partial charge in [-0.25, -0.2) is 0 Å². The summed E-state index contributed by atoms with van der Waals surface area (Å²) >= 11 is 5.96. The fourth-order valence-electron chi connectivity index (χ4n) is 2.61. The van der Waals surface area contributed by atoms with Crippen molar-refractivity contribution in [2.24, 2.45) is 0 Å². The van der Waals surface area contributed by atoms with Gasteiger partial charge in [0.25, 0.3) is 0 Å². The summed E-state index contributed by atoms with van der Waals surface area (Å²) in [6, 6.07) is 17.7. The molecule has 2 N–H and O–H groups in total. The van der Waals surface area contributed by atoms with Crippen LogP contribution in [-0.4, -0.2) is 15.6 Å². The van der Waals surface area contributed by atoms with Gasteiger partial charge in [-0.2, -0.15) is 0 Å². The van der Waals surface area contributed by atoms with Crippen molar-refractivity contribution in [1.82, 2.24) is 4.57 Å². The first kappa shape index (κ1) is 16.1. The number of aromatic nitrogens is 1. The number of nitrogens with one attached hydrogen (secondary N) is 1. The van der Waals surface area contributed by atoms with E-state index in [9.17, 15) is 9.90 Å². The predicted octanol–water partition coefficient (Wildman–Crippen LogP) is 4.47. The maximum absolute atomic E-state index is 12.4. The van der Waals surface area contributed by atoms with E-state index >= 15 is 0 Å². The molecule has 0 aliphatic carbocycles. The van der Waals surface area contributed by atoms with Crippen LogP contribution in [-0.2, 0) is 4.79 Å². The van der Waals surface area contributed by atoms with Crippen LogP contribution in [0.15, 0.2) is 73.1 Å². The molecule has 0 spiro atoms. The van der Waals surface area contributed by atoms with Crippen molar-refractivity contribution in [3.63, 3.8) is 0 Å². The van der Waals surface area contributed by atoms with E-state index < -0.39 is 0 Å². The topological polar surface area (TPSA) is 54.3 Å². The number of benzene rings is 2. The lowest BCUT2D eigenvalue weighted by Crippen LogP contribution is -2.19. The number of amides is 1. The normalized spacial score (nSPS) is 11.9. The highest BCUT2D eigenvalue weighted by Gasteiger charge is 2.17. The van der Waals surface area contributed by atoms with E-state index in [1.807, 2.05) is 53.4 Å². The van der Waals surface area contributed by atoms with Crippen molar-refractivity contribution < 1.29 is 9.90 Å². The summed E-state index contributed by atoms with van der Waals surface area (Å²) in [7, 11) is 0. The first-order valence-electron chi connectivity index (χ1n) is 7.58. The molecule has 0 unspecified atom stereocenters. The Labute approximate surface area is 145 Å². The molecule has 0 aliphatic heterocycles. The highest BCUT2D eigenvalue weighted by molar-refractivity contribution is 6.30. The Morgan fingerprint density at radius 3 is 2.46 bits per heavy atom. The van der Waals surface area contributed by atoms with Crippen molar-refractivity contribution >= 4 is 23.2 Å². The number of hydrogen-bond acceptors (Lipinski definition) is 2. The highest BCUT2D eigenvalue weighted by atomic mass is 35.5. The van der Waals surface area contributed by atoms with Crippen LogP contribution in [0, 0.1) is 0 Å². The Morgan fingerprint density at radius 1 is 1.08 bits per heavy atom. The third-order valence-electron chi connectivity index (χ3n) is 3.75. The Balaban J connectivity index is 1.79. The molecule has 1 heterocycles. The van der Waals surface area contributed by atoms with Crippen molar-refractivity contribution in [2.75, 3.05) is 5.32 Å². The van der Waals surface area contributed by atoms with Crippen LogP contribution < -0.4 is 5.32 Å². The lowest BCUT2D eigenvalue weighted by Gasteiger charge is -2.19. The molecule has 0 radical (unpaired) electrons. The van der Waals surface area contributed by atoms with Crippen LogP contribution in [0.3, 0.4) is 0 Å². The number of halogens is 1. The van der Waals surface area contributed by atoms with Crippen molar-refractivity contribution in [1.29, 1.82) is 0 Å². The number of anilines is 1. The molecule has 24 heavy (non-hydrogen) atoms. The van der Waals surface area contributed by atoms with Gasteiger partial charge < -0.3 is 15.0 Å². The van der Waals surface area contributed by atoms with Gasteiger partial charge in [0, 0.05) is 29.2 Å². The average molecular weight is 341 g/mol. The van der Waals surface area contributed by atoms with Crippen LogP contribution in [0.4, 0.5) is 5.69 Å². The third kappa shape index (κ3) is 3.97. The standard InChI is InChI=1S/C19H17ClN2O2/c20-15-8-6-14(7-9-15)18(22-10-1-2-11-22)13-19(24)21-16-4-3-5-17(23)12-16/h1-12,18,23H,13H2,(H,21,24)/t18-/m0/s1. The zero-order chi connectivity index (χ0) is 16.9. The second-order valence-corrected chi connectivity index (χ2v) is 5.94. The summed E-state index contributed by atoms with van der Waals surface area (Å²) in [6.45, 7) is 0. The molecule has 0 saturated heterocycles. The van der Waals surface area contributed by atoms with Crippen LogP contribution >= 0.6 is 11.6 Å². The van der Waals surface area contributed by atoms with Gasteiger partial charge in [-0.15, -0.1) is 0 Å². The number of nitrogens with zero attached hydrogens (tertiary/aromatic N) is 1. The van der Waals surface area contributed by atoms with Crippen molar-refractivity contribution in [2.45, 2.75) is 12.5 Å². The summed E-state index contributed by atoms with van der Waals surface area (Å²) in [4.78, 5) is 12.4. The minimum absolute atomic E-state index is 0.118. The zero-order valence-electron chi connectivity index (χ0n) is 12.9. The van der Waals surface area contributed by atoms with Gasteiger partial charge in [-0.3, -0.25) is 4.79 Å². The molecule has 1 amide bonds. The Morgan fingerprint density at radius 2 is 1.79 bits per heavy atom. The SMILES string of the molecule is O=C(C[C@@H](c1ccc(Cl)cc1)n1cccc1)Nc1cccc(O)c1. The summed E-state index contributed by atoms with van der Waals surface area (Å²) in [5.41, 5.74) is 1.57. The van der Waals surface area contributed by atoms with Gasteiger partial charge >= 0.3 is 0 Å². The summed E-state index contributed by atoms with van der Waals surface area (Å²) in [5, 5.41) is 13.0. The fourth-order valence-corrected chi connectivity index (χ4v) is 2.73. The van der Waals surface area contributed by atoms with Crippen LogP contribution in [0.1, 0.15) is 18.0 Å². The molecule has 0 fully saturated rings. The maximum atomic E-state index is 12.4. The van der Waals surface area contributed by atoms with E-state index in [1.54, 1.807) is 18.2 Å². The first-order valence-corrected chi connectivity index (χ1v) is 7.96. The van der Waals surface area contributed by atoms with Gasteiger partial charge in [0.2, 0.25) is 5.91 Å². The number of carbonyl (C=O) groups is 1. The molecule has 5 heteroatoms. The Kier molecular flexibility index (Phi) is 4.87. The van der Waals surface area contributed by atoms with Gasteiger partial charge in [0.05, 0.1) is 12.5 Å². The minimum atomic E-state index is -0.130. The van der Waals surface area contributed by atoms with Crippen LogP contribution in [0.5, 0.6) is 5.75 Å². The molecule has 0 saturated carbocycles. The maximum Gasteiger partial charge on any atom is 0.226 e. The summed E-state index contributed by atoms with van der Waals surface area (Å²) in [5.74, 6) is -0.0123. The fraction of sp³-hybridized carbons (Fsp3) is 0.105. The molecule has 1 aromatic heterocycles. The molecule has 3 aromatic rings. The number of rotatable bonds is 5. The molecule has 3 rings (SSSR count). The number of carbonyl (C=O) groups excluding carboxylic acids is 1. The van der Waals surface area contributed by atoms with Gasteiger partial charge in [-0.05, 0) is 42.0 Å². The van der Waals surface area contributed by atoms with E-state index in [4.69, 9.17) is 11.6 Å². The largest absolute Gasteiger partial charge is 0.508 e. The number of aromatic hydroxyl groups is 1. The lowest BCUT2D eigenvalue weighted by molar-refractivity contribution is -0.116. The molecule has 122 valence electrons. The van der Waals surface area contributed by atoms with E-state index in [0.29, 0.717) is 10.7 Å². The molecular weight excluding hydrogens is 324 g/mol. The zero-order valence-corrected chi connectivity index (χ0v) is 13.6.